The number of fused-ring (bicyclic) bond motifs is 1. The van der Waals surface area contributed by atoms with Crippen molar-refractivity contribution < 1.29 is 9.53 Å². The molecule has 0 bridgehead atoms. The molecule has 3 heterocycles. The summed E-state index contributed by atoms with van der Waals surface area (Å²) in [5.74, 6) is 0.534. The summed E-state index contributed by atoms with van der Waals surface area (Å²) in [6.07, 6.45) is 1.56. The van der Waals surface area contributed by atoms with E-state index in [1.54, 1.807) is 6.07 Å². The first-order valence-corrected chi connectivity index (χ1v) is 8.69. The van der Waals surface area contributed by atoms with Crippen molar-refractivity contribution in [1.82, 2.24) is 20.3 Å². The molecule has 2 aromatic heterocycles. The molecular formula is C16H19Cl2N5O2. The topological polar surface area (TPSA) is 80.2 Å². The number of nitrogens with one attached hydrogen (secondary N) is 1. The van der Waals surface area contributed by atoms with Crippen molar-refractivity contribution in [1.29, 1.82) is 0 Å². The van der Waals surface area contributed by atoms with Gasteiger partial charge in [-0.1, -0.05) is 23.2 Å². The third kappa shape index (κ3) is 4.41. The fourth-order valence-corrected chi connectivity index (χ4v) is 3.00. The second-order valence-electron chi connectivity index (χ2n) is 6.97. The van der Waals surface area contributed by atoms with E-state index in [-0.39, 0.29) is 16.8 Å². The zero-order chi connectivity index (χ0) is 18.2. The van der Waals surface area contributed by atoms with Crippen molar-refractivity contribution in [3.63, 3.8) is 0 Å². The molecule has 7 nitrogen and oxygen atoms in total. The van der Waals surface area contributed by atoms with Crippen LogP contribution in [0.15, 0.2) is 12.3 Å². The van der Waals surface area contributed by atoms with Crippen LogP contribution in [0.5, 0.6) is 0 Å². The molecule has 0 aliphatic carbocycles. The molecule has 0 unspecified atom stereocenters. The highest BCUT2D eigenvalue weighted by molar-refractivity contribution is 6.32. The minimum absolute atomic E-state index is 0.228. The first-order valence-electron chi connectivity index (χ1n) is 7.94. The highest BCUT2D eigenvalue weighted by atomic mass is 35.5. The van der Waals surface area contributed by atoms with Gasteiger partial charge < -0.3 is 15.0 Å². The van der Waals surface area contributed by atoms with E-state index >= 15 is 0 Å². The number of halogens is 2. The summed E-state index contributed by atoms with van der Waals surface area (Å²) >= 11 is 12.2. The molecule has 0 radical (unpaired) electrons. The van der Waals surface area contributed by atoms with Gasteiger partial charge in [0.15, 0.2) is 16.6 Å². The first-order chi connectivity index (χ1) is 11.7. The Balaban J connectivity index is 1.71. The monoisotopic (exact) mass is 383 g/mol. The lowest BCUT2D eigenvalue weighted by Crippen LogP contribution is -2.42. The maximum Gasteiger partial charge on any atom is 0.407 e. The number of carbonyl (C=O) groups is 1. The normalized spacial score (nSPS) is 17.8. The fraction of sp³-hybridized carbons (Fsp3) is 0.500. The number of alkyl carbamates (subject to hydrolysis) is 1. The highest BCUT2D eigenvalue weighted by Gasteiger charge is 2.29. The Bertz CT molecular complexity index is 809. The number of aromatic nitrogens is 3. The molecule has 1 atom stereocenters. The maximum absolute atomic E-state index is 11.9. The zero-order valence-electron chi connectivity index (χ0n) is 14.2. The number of hydrogen-bond acceptors (Lipinski definition) is 6. The third-order valence-electron chi connectivity index (χ3n) is 3.62. The van der Waals surface area contributed by atoms with Gasteiger partial charge in [0.2, 0.25) is 0 Å². The Morgan fingerprint density at radius 1 is 1.36 bits per heavy atom. The molecule has 0 saturated carbocycles. The van der Waals surface area contributed by atoms with E-state index in [0.29, 0.717) is 41.5 Å². The number of nitrogens with zero attached hydrogens (tertiary/aromatic N) is 4. The summed E-state index contributed by atoms with van der Waals surface area (Å²) in [6, 6.07) is 1.67. The van der Waals surface area contributed by atoms with Crippen LogP contribution in [-0.2, 0) is 4.74 Å². The molecule has 1 N–H and O–H groups in total. The fourth-order valence-electron chi connectivity index (χ4n) is 2.60. The Morgan fingerprint density at radius 2 is 2.12 bits per heavy atom. The van der Waals surface area contributed by atoms with E-state index in [4.69, 9.17) is 27.9 Å². The molecule has 134 valence electrons. The first kappa shape index (κ1) is 17.9. The standard InChI is InChI=1S/C16H19Cl2N5O2/c1-16(2,3)22-15(24)25-10-4-5-23(8-10)14-12(18)20-11-6-9(17)7-19-13(11)21-14/h6-7,10H,4-5,8H2,1-3H3,(H,22,24)/t10-/m1/s1. The Hall–Kier alpha value is -1.86. The van der Waals surface area contributed by atoms with Crippen LogP contribution in [-0.4, -0.2) is 45.8 Å². The molecule has 3 rings (SSSR count). The van der Waals surface area contributed by atoms with E-state index in [1.165, 1.54) is 6.20 Å². The number of ether oxygens (including phenoxy) is 1. The minimum atomic E-state index is -0.425. The molecule has 2 aromatic rings. The van der Waals surface area contributed by atoms with Gasteiger partial charge in [0.25, 0.3) is 0 Å². The van der Waals surface area contributed by atoms with E-state index in [9.17, 15) is 4.79 Å². The molecule has 0 aromatic carbocycles. The molecular weight excluding hydrogens is 365 g/mol. The SMILES string of the molecule is CC(C)(C)NC(=O)O[C@@H]1CCN(c2nc3ncc(Cl)cc3nc2Cl)C1. The van der Waals surface area contributed by atoms with E-state index in [0.717, 1.165) is 0 Å². The van der Waals surface area contributed by atoms with Gasteiger partial charge in [-0.15, -0.1) is 0 Å². The third-order valence-corrected chi connectivity index (χ3v) is 4.08. The van der Waals surface area contributed by atoms with Crippen LogP contribution in [0.25, 0.3) is 11.2 Å². The van der Waals surface area contributed by atoms with E-state index < -0.39 is 6.09 Å². The van der Waals surface area contributed by atoms with Crippen molar-refractivity contribution in [3.8, 4) is 0 Å². The molecule has 1 aliphatic rings. The van der Waals surface area contributed by atoms with Gasteiger partial charge in [-0.3, -0.25) is 0 Å². The predicted molar refractivity (Wildman–Crippen MR) is 97.3 cm³/mol. The average molecular weight is 384 g/mol. The summed E-state index contributed by atoms with van der Waals surface area (Å²) in [5.41, 5.74) is 0.673. The second kappa shape index (κ2) is 6.80. The lowest BCUT2D eigenvalue weighted by molar-refractivity contribution is 0.101. The number of pyridine rings is 1. The molecule has 1 saturated heterocycles. The summed E-state index contributed by atoms with van der Waals surface area (Å²) < 4.78 is 5.47. The minimum Gasteiger partial charge on any atom is -0.444 e. The zero-order valence-corrected chi connectivity index (χ0v) is 15.7. The number of anilines is 1. The van der Waals surface area contributed by atoms with Gasteiger partial charge in [0.1, 0.15) is 11.6 Å². The number of amides is 1. The van der Waals surface area contributed by atoms with Crippen LogP contribution >= 0.6 is 23.2 Å². The van der Waals surface area contributed by atoms with Crippen LogP contribution in [0.1, 0.15) is 27.2 Å². The van der Waals surface area contributed by atoms with E-state index in [2.05, 4.69) is 20.3 Å². The Morgan fingerprint density at radius 3 is 2.84 bits per heavy atom. The van der Waals surface area contributed by atoms with Gasteiger partial charge in [-0.05, 0) is 26.8 Å². The molecule has 0 spiro atoms. The molecule has 1 fully saturated rings. The molecule has 1 aliphatic heterocycles. The summed E-state index contributed by atoms with van der Waals surface area (Å²) in [6.45, 7) is 6.88. The number of carbonyl (C=O) groups excluding carboxylic acids is 1. The predicted octanol–water partition coefficient (Wildman–Crippen LogP) is 3.44. The number of hydrogen-bond donors (Lipinski definition) is 1. The lowest BCUT2D eigenvalue weighted by atomic mass is 10.1. The average Bonchev–Trinajstić information content (AvgIpc) is 2.92. The van der Waals surface area contributed by atoms with Gasteiger partial charge in [-0.2, -0.15) is 0 Å². The van der Waals surface area contributed by atoms with Crippen LogP contribution in [0.4, 0.5) is 10.6 Å². The van der Waals surface area contributed by atoms with Crippen LogP contribution in [0.2, 0.25) is 10.2 Å². The maximum atomic E-state index is 11.9. The lowest BCUT2D eigenvalue weighted by Gasteiger charge is -2.22. The van der Waals surface area contributed by atoms with Gasteiger partial charge in [-0.25, -0.2) is 19.7 Å². The van der Waals surface area contributed by atoms with Crippen molar-refractivity contribution in [3.05, 3.63) is 22.4 Å². The second-order valence-corrected chi connectivity index (χ2v) is 7.77. The van der Waals surface area contributed by atoms with Gasteiger partial charge in [0.05, 0.1) is 11.6 Å². The van der Waals surface area contributed by atoms with Gasteiger partial charge in [0, 0.05) is 24.7 Å². The van der Waals surface area contributed by atoms with Crippen LogP contribution in [0.3, 0.4) is 0 Å². The molecule has 25 heavy (non-hydrogen) atoms. The van der Waals surface area contributed by atoms with Gasteiger partial charge >= 0.3 is 6.09 Å². The van der Waals surface area contributed by atoms with E-state index in [1.807, 2.05) is 25.7 Å². The van der Waals surface area contributed by atoms with Crippen LogP contribution in [0, 0.1) is 0 Å². The Kier molecular flexibility index (Phi) is 4.88. The quantitative estimate of drug-likeness (QED) is 0.855. The smallest absolute Gasteiger partial charge is 0.407 e. The van der Waals surface area contributed by atoms with Crippen molar-refractivity contribution in [2.45, 2.75) is 38.8 Å². The van der Waals surface area contributed by atoms with Crippen LogP contribution < -0.4 is 10.2 Å². The number of rotatable bonds is 2. The summed E-state index contributed by atoms with van der Waals surface area (Å²) in [4.78, 5) is 26.8. The Labute approximate surface area is 155 Å². The summed E-state index contributed by atoms with van der Waals surface area (Å²) in [7, 11) is 0. The summed E-state index contributed by atoms with van der Waals surface area (Å²) in [5, 5.41) is 3.54. The van der Waals surface area contributed by atoms with Crippen molar-refractivity contribution in [2.24, 2.45) is 0 Å². The molecule has 9 heteroatoms. The molecule has 1 amide bonds. The largest absolute Gasteiger partial charge is 0.444 e. The highest BCUT2D eigenvalue weighted by Crippen LogP contribution is 2.28. The van der Waals surface area contributed by atoms with Crippen molar-refractivity contribution >= 4 is 46.3 Å². The van der Waals surface area contributed by atoms with Crippen molar-refractivity contribution in [2.75, 3.05) is 18.0 Å².